The molecule has 0 aromatic heterocycles. The van der Waals surface area contributed by atoms with Crippen LogP contribution in [0.5, 0.6) is 11.5 Å². The Bertz CT molecular complexity index is 757. The molecule has 5 nitrogen and oxygen atoms in total. The highest BCUT2D eigenvalue weighted by Gasteiger charge is 2.17. The van der Waals surface area contributed by atoms with Gasteiger partial charge in [-0.05, 0) is 35.6 Å². The third-order valence-electron chi connectivity index (χ3n) is 4.71. The molecule has 0 saturated carbocycles. The number of carbonyl (C=O) groups is 1. The molecule has 0 aliphatic rings. The number of amides is 1. The minimum absolute atomic E-state index is 0.110. The molecular formula is C23H32N2O3. The smallest absolute Gasteiger partial charge is 0.238 e. The van der Waals surface area contributed by atoms with Gasteiger partial charge >= 0.3 is 0 Å². The van der Waals surface area contributed by atoms with Crippen LogP contribution in [-0.4, -0.2) is 26.7 Å². The van der Waals surface area contributed by atoms with E-state index < -0.39 is 0 Å². The Hall–Kier alpha value is -2.53. The Morgan fingerprint density at radius 1 is 1.04 bits per heavy atom. The molecule has 1 atom stereocenters. The zero-order valence-corrected chi connectivity index (χ0v) is 17.5. The SMILES string of the molecule is CCCc1ccc([C@H](NCC(=O)Nc2ccc(OC)cc2OC)C(C)C)cc1. The molecule has 0 heterocycles. The Balaban J connectivity index is 2.00. The molecule has 152 valence electrons. The molecule has 1 amide bonds. The van der Waals surface area contributed by atoms with Crippen molar-refractivity contribution in [2.45, 2.75) is 39.7 Å². The zero-order valence-electron chi connectivity index (χ0n) is 17.5. The molecule has 0 unspecified atom stereocenters. The second-order valence-corrected chi connectivity index (χ2v) is 7.21. The Labute approximate surface area is 168 Å². The minimum Gasteiger partial charge on any atom is -0.497 e. The predicted molar refractivity (Wildman–Crippen MR) is 114 cm³/mol. The van der Waals surface area contributed by atoms with Crippen molar-refractivity contribution in [3.63, 3.8) is 0 Å². The van der Waals surface area contributed by atoms with Gasteiger partial charge in [0.05, 0.1) is 26.5 Å². The second-order valence-electron chi connectivity index (χ2n) is 7.21. The first-order chi connectivity index (χ1) is 13.5. The van der Waals surface area contributed by atoms with Crippen molar-refractivity contribution in [3.05, 3.63) is 53.6 Å². The van der Waals surface area contributed by atoms with Gasteiger partial charge in [0.2, 0.25) is 5.91 Å². The number of hydrogen-bond donors (Lipinski definition) is 2. The van der Waals surface area contributed by atoms with Crippen molar-refractivity contribution in [2.24, 2.45) is 5.92 Å². The predicted octanol–water partition coefficient (Wildman–Crippen LogP) is 4.58. The van der Waals surface area contributed by atoms with E-state index >= 15 is 0 Å². The number of rotatable bonds is 10. The fourth-order valence-electron chi connectivity index (χ4n) is 3.22. The van der Waals surface area contributed by atoms with Crippen molar-refractivity contribution in [1.29, 1.82) is 0 Å². The highest BCUT2D eigenvalue weighted by atomic mass is 16.5. The summed E-state index contributed by atoms with van der Waals surface area (Å²) in [5, 5.41) is 6.29. The monoisotopic (exact) mass is 384 g/mol. The summed E-state index contributed by atoms with van der Waals surface area (Å²) in [5.74, 6) is 1.50. The Morgan fingerprint density at radius 2 is 1.75 bits per heavy atom. The van der Waals surface area contributed by atoms with Crippen LogP contribution < -0.4 is 20.1 Å². The van der Waals surface area contributed by atoms with Gasteiger partial charge in [-0.25, -0.2) is 0 Å². The van der Waals surface area contributed by atoms with Crippen LogP contribution >= 0.6 is 0 Å². The summed E-state index contributed by atoms with van der Waals surface area (Å²) < 4.78 is 10.5. The van der Waals surface area contributed by atoms with E-state index in [2.05, 4.69) is 55.7 Å². The number of hydrogen-bond acceptors (Lipinski definition) is 4. The molecule has 2 N–H and O–H groups in total. The Morgan fingerprint density at radius 3 is 2.32 bits per heavy atom. The normalized spacial score (nSPS) is 11.9. The molecule has 0 aliphatic heterocycles. The second kappa shape index (κ2) is 10.7. The standard InChI is InChI=1S/C23H32N2O3/c1-6-7-17-8-10-18(11-9-17)23(16(2)3)24-15-22(26)25-20-13-12-19(27-4)14-21(20)28-5/h8-14,16,23-24H,6-7,15H2,1-5H3,(H,25,26)/t23-/m1/s1. The van der Waals surface area contributed by atoms with Gasteiger partial charge in [0, 0.05) is 12.1 Å². The van der Waals surface area contributed by atoms with Gasteiger partial charge < -0.3 is 20.1 Å². The van der Waals surface area contributed by atoms with Gasteiger partial charge in [0.15, 0.2) is 0 Å². The van der Waals surface area contributed by atoms with Crippen LogP contribution in [0.4, 0.5) is 5.69 Å². The van der Waals surface area contributed by atoms with Gasteiger partial charge in [0.25, 0.3) is 0 Å². The number of methoxy groups -OCH3 is 2. The number of benzene rings is 2. The lowest BCUT2D eigenvalue weighted by molar-refractivity contribution is -0.115. The lowest BCUT2D eigenvalue weighted by Gasteiger charge is -2.23. The first kappa shape index (κ1) is 21.8. The molecule has 0 aliphatic carbocycles. The number of anilines is 1. The molecule has 0 fully saturated rings. The summed E-state index contributed by atoms with van der Waals surface area (Å²) in [6.45, 7) is 6.71. The lowest BCUT2D eigenvalue weighted by Crippen LogP contribution is -2.33. The lowest BCUT2D eigenvalue weighted by atomic mass is 9.94. The average Bonchev–Trinajstić information content (AvgIpc) is 2.69. The molecule has 0 bridgehead atoms. The van der Waals surface area contributed by atoms with Crippen molar-refractivity contribution in [2.75, 3.05) is 26.1 Å². The quantitative estimate of drug-likeness (QED) is 0.629. The van der Waals surface area contributed by atoms with E-state index in [1.807, 2.05) is 0 Å². The fourth-order valence-corrected chi connectivity index (χ4v) is 3.22. The maximum Gasteiger partial charge on any atom is 0.238 e. The van der Waals surface area contributed by atoms with Crippen LogP contribution in [0.3, 0.4) is 0 Å². The topological polar surface area (TPSA) is 59.6 Å². The van der Waals surface area contributed by atoms with E-state index in [1.165, 1.54) is 11.1 Å². The molecule has 0 radical (unpaired) electrons. The van der Waals surface area contributed by atoms with Crippen LogP contribution in [0.25, 0.3) is 0 Å². The van der Waals surface area contributed by atoms with Crippen LogP contribution in [-0.2, 0) is 11.2 Å². The summed E-state index contributed by atoms with van der Waals surface area (Å²) in [5.41, 5.74) is 3.17. The minimum atomic E-state index is -0.114. The van der Waals surface area contributed by atoms with Crippen molar-refractivity contribution in [3.8, 4) is 11.5 Å². The molecule has 2 aromatic rings. The summed E-state index contributed by atoms with van der Waals surface area (Å²) in [6.07, 6.45) is 2.23. The first-order valence-electron chi connectivity index (χ1n) is 9.82. The van der Waals surface area contributed by atoms with Crippen LogP contribution in [0.2, 0.25) is 0 Å². The van der Waals surface area contributed by atoms with E-state index in [-0.39, 0.29) is 18.5 Å². The summed E-state index contributed by atoms with van der Waals surface area (Å²) in [7, 11) is 3.16. The van der Waals surface area contributed by atoms with E-state index in [1.54, 1.807) is 32.4 Å². The third-order valence-corrected chi connectivity index (χ3v) is 4.71. The molecule has 0 spiro atoms. The number of nitrogens with one attached hydrogen (secondary N) is 2. The summed E-state index contributed by atoms with van der Waals surface area (Å²) >= 11 is 0. The maximum atomic E-state index is 12.5. The molecule has 5 heteroatoms. The van der Waals surface area contributed by atoms with Crippen molar-refractivity contribution < 1.29 is 14.3 Å². The van der Waals surface area contributed by atoms with E-state index in [0.717, 1.165) is 12.8 Å². The molecular weight excluding hydrogens is 352 g/mol. The van der Waals surface area contributed by atoms with Crippen molar-refractivity contribution >= 4 is 11.6 Å². The van der Waals surface area contributed by atoms with Crippen LogP contribution in [0, 0.1) is 5.92 Å². The molecule has 0 saturated heterocycles. The largest absolute Gasteiger partial charge is 0.497 e. The molecule has 28 heavy (non-hydrogen) atoms. The van der Waals surface area contributed by atoms with Gasteiger partial charge in [-0.15, -0.1) is 0 Å². The van der Waals surface area contributed by atoms with Crippen LogP contribution in [0.15, 0.2) is 42.5 Å². The fraction of sp³-hybridized carbons (Fsp3) is 0.435. The highest BCUT2D eigenvalue weighted by molar-refractivity contribution is 5.93. The summed E-state index contributed by atoms with van der Waals surface area (Å²) in [4.78, 5) is 12.5. The molecule has 2 rings (SSSR count). The third kappa shape index (κ3) is 5.99. The zero-order chi connectivity index (χ0) is 20.5. The van der Waals surface area contributed by atoms with E-state index in [4.69, 9.17) is 9.47 Å². The average molecular weight is 385 g/mol. The van der Waals surface area contributed by atoms with E-state index in [0.29, 0.717) is 23.1 Å². The van der Waals surface area contributed by atoms with Gasteiger partial charge in [-0.2, -0.15) is 0 Å². The number of aryl methyl sites for hydroxylation is 1. The summed E-state index contributed by atoms with van der Waals surface area (Å²) in [6, 6.07) is 14.1. The van der Waals surface area contributed by atoms with Gasteiger partial charge in [-0.1, -0.05) is 51.5 Å². The van der Waals surface area contributed by atoms with E-state index in [9.17, 15) is 4.79 Å². The maximum absolute atomic E-state index is 12.5. The van der Waals surface area contributed by atoms with Crippen molar-refractivity contribution in [1.82, 2.24) is 5.32 Å². The first-order valence-corrected chi connectivity index (χ1v) is 9.82. The number of ether oxygens (including phenoxy) is 2. The number of carbonyl (C=O) groups excluding carboxylic acids is 1. The Kier molecular flexibility index (Phi) is 8.33. The highest BCUT2D eigenvalue weighted by Crippen LogP contribution is 2.29. The van der Waals surface area contributed by atoms with Gasteiger partial charge in [-0.3, -0.25) is 4.79 Å². The van der Waals surface area contributed by atoms with Crippen LogP contribution in [0.1, 0.15) is 44.4 Å². The molecule has 2 aromatic carbocycles. The van der Waals surface area contributed by atoms with Gasteiger partial charge in [0.1, 0.15) is 11.5 Å².